The first-order chi connectivity index (χ1) is 10.7. The van der Waals surface area contributed by atoms with Crippen molar-refractivity contribution >= 4 is 29.1 Å². The lowest BCUT2D eigenvalue weighted by Gasteiger charge is -2.44. The first-order valence-electron chi connectivity index (χ1n) is 8.06. The van der Waals surface area contributed by atoms with E-state index in [4.69, 9.17) is 0 Å². The molecule has 1 heterocycles. The summed E-state index contributed by atoms with van der Waals surface area (Å²) in [5, 5.41) is 19.7. The van der Waals surface area contributed by atoms with Crippen molar-refractivity contribution in [3.63, 3.8) is 0 Å². The average Bonchev–Trinajstić information content (AvgIpc) is 3.02. The predicted octanol–water partition coefficient (Wildman–Crippen LogP) is 2.49. The molecule has 1 saturated carbocycles. The Kier molecular flexibility index (Phi) is 7.05. The van der Waals surface area contributed by atoms with Gasteiger partial charge in [-0.3, -0.25) is 4.99 Å². The Morgan fingerprint density at radius 2 is 2.36 bits per heavy atom. The van der Waals surface area contributed by atoms with Crippen molar-refractivity contribution in [1.82, 2.24) is 10.6 Å². The third-order valence-corrected chi connectivity index (χ3v) is 6.25. The van der Waals surface area contributed by atoms with Gasteiger partial charge in [0.05, 0.1) is 12.1 Å². The minimum atomic E-state index is -0.614. The van der Waals surface area contributed by atoms with E-state index in [2.05, 4.69) is 47.0 Å². The summed E-state index contributed by atoms with van der Waals surface area (Å²) >= 11 is 3.63. The summed E-state index contributed by atoms with van der Waals surface area (Å²) in [4.78, 5) is 5.97. The van der Waals surface area contributed by atoms with Crippen LogP contribution in [0.5, 0.6) is 0 Å². The molecule has 0 spiro atoms. The molecule has 0 aromatic carbocycles. The highest BCUT2D eigenvalue weighted by atomic mass is 32.2. The van der Waals surface area contributed by atoms with Crippen LogP contribution in [0.4, 0.5) is 0 Å². The molecule has 0 amide bonds. The van der Waals surface area contributed by atoms with Crippen LogP contribution in [0.25, 0.3) is 0 Å². The Bertz CT molecular complexity index is 464. The lowest BCUT2D eigenvalue weighted by atomic mass is 9.79. The number of thiophene rings is 1. The summed E-state index contributed by atoms with van der Waals surface area (Å²) in [5.41, 5.74) is -0.614. The number of guanidine groups is 1. The van der Waals surface area contributed by atoms with Gasteiger partial charge in [0.2, 0.25) is 0 Å². The molecule has 6 heteroatoms. The summed E-state index contributed by atoms with van der Waals surface area (Å²) in [6.45, 7) is 6.38. The molecule has 3 N–H and O–H groups in total. The van der Waals surface area contributed by atoms with Crippen LogP contribution in [0, 0.1) is 0 Å². The second-order valence-corrected chi connectivity index (χ2v) is 8.05. The van der Waals surface area contributed by atoms with Crippen LogP contribution < -0.4 is 10.6 Å². The zero-order valence-electron chi connectivity index (χ0n) is 13.5. The molecule has 0 radical (unpaired) electrons. The number of hydrogen-bond acceptors (Lipinski definition) is 4. The topological polar surface area (TPSA) is 56.7 Å². The largest absolute Gasteiger partial charge is 0.387 e. The van der Waals surface area contributed by atoms with Crippen molar-refractivity contribution in [2.24, 2.45) is 4.99 Å². The van der Waals surface area contributed by atoms with E-state index >= 15 is 0 Å². The highest BCUT2D eigenvalue weighted by molar-refractivity contribution is 8.00. The maximum atomic E-state index is 10.6. The normalized spacial score (nSPS) is 24.9. The summed E-state index contributed by atoms with van der Waals surface area (Å²) in [5.74, 6) is 1.86. The lowest BCUT2D eigenvalue weighted by molar-refractivity contribution is -0.0154. The Balaban J connectivity index is 1.81. The van der Waals surface area contributed by atoms with Crippen molar-refractivity contribution in [3.05, 3.63) is 22.4 Å². The van der Waals surface area contributed by atoms with Crippen LogP contribution in [0.1, 0.15) is 31.6 Å². The Morgan fingerprint density at radius 3 is 2.95 bits per heavy atom. The van der Waals surface area contributed by atoms with Crippen molar-refractivity contribution in [2.45, 2.75) is 44.0 Å². The molecular formula is C16H27N3OS2. The Hall–Kier alpha value is -0.720. The molecule has 124 valence electrons. The average molecular weight is 342 g/mol. The van der Waals surface area contributed by atoms with E-state index in [1.807, 2.05) is 11.8 Å². The van der Waals surface area contributed by atoms with Crippen LogP contribution in [-0.4, -0.2) is 47.3 Å². The number of aliphatic hydroxyl groups is 1. The number of hydrogen-bond donors (Lipinski definition) is 3. The van der Waals surface area contributed by atoms with Gasteiger partial charge >= 0.3 is 0 Å². The molecule has 1 aromatic rings. The van der Waals surface area contributed by atoms with Gasteiger partial charge in [-0.2, -0.15) is 11.8 Å². The maximum Gasteiger partial charge on any atom is 0.191 e. The van der Waals surface area contributed by atoms with Gasteiger partial charge in [-0.05, 0) is 43.4 Å². The standard InChI is InChI=1S/C16H27N3OS2/c1-3-17-15(18-10-8-13-6-5-11-22-13)19-12-16(20)9-7-14(16)21-4-2/h5-6,11,14,20H,3-4,7-10,12H2,1-2H3,(H2,17,18,19). The van der Waals surface area contributed by atoms with Crippen LogP contribution >= 0.6 is 23.1 Å². The third-order valence-electron chi connectivity index (χ3n) is 3.91. The first kappa shape index (κ1) is 17.6. The molecule has 1 aromatic heterocycles. The number of nitrogens with one attached hydrogen (secondary N) is 2. The Morgan fingerprint density at radius 1 is 1.50 bits per heavy atom. The van der Waals surface area contributed by atoms with Crippen LogP contribution in [-0.2, 0) is 6.42 Å². The van der Waals surface area contributed by atoms with Gasteiger partial charge < -0.3 is 15.7 Å². The van der Waals surface area contributed by atoms with Crippen molar-refractivity contribution in [1.29, 1.82) is 0 Å². The molecule has 2 rings (SSSR count). The number of aliphatic imine (C=N–C) groups is 1. The zero-order valence-corrected chi connectivity index (χ0v) is 15.1. The van der Waals surface area contributed by atoms with Crippen molar-refractivity contribution in [2.75, 3.05) is 25.4 Å². The van der Waals surface area contributed by atoms with Crippen molar-refractivity contribution < 1.29 is 5.11 Å². The quantitative estimate of drug-likeness (QED) is 0.502. The molecule has 0 aliphatic heterocycles. The minimum absolute atomic E-state index is 0.343. The van der Waals surface area contributed by atoms with Gasteiger partial charge in [0, 0.05) is 23.2 Å². The zero-order chi connectivity index (χ0) is 15.8. The number of rotatable bonds is 8. The van der Waals surface area contributed by atoms with Crippen LogP contribution in [0.15, 0.2) is 22.5 Å². The molecule has 0 bridgehead atoms. The maximum absolute atomic E-state index is 10.6. The fraction of sp³-hybridized carbons (Fsp3) is 0.688. The highest BCUT2D eigenvalue weighted by Gasteiger charge is 2.45. The number of nitrogens with zero attached hydrogens (tertiary/aromatic N) is 1. The van der Waals surface area contributed by atoms with Crippen molar-refractivity contribution in [3.8, 4) is 0 Å². The fourth-order valence-electron chi connectivity index (χ4n) is 2.53. The molecular weight excluding hydrogens is 314 g/mol. The summed E-state index contributed by atoms with van der Waals surface area (Å²) in [6.07, 6.45) is 2.97. The summed E-state index contributed by atoms with van der Waals surface area (Å²) < 4.78 is 0. The molecule has 1 aliphatic rings. The van der Waals surface area contributed by atoms with Gasteiger partial charge in [0.15, 0.2) is 5.96 Å². The van der Waals surface area contributed by atoms with Gasteiger partial charge in [0.1, 0.15) is 0 Å². The van der Waals surface area contributed by atoms with E-state index in [0.29, 0.717) is 11.8 Å². The van der Waals surface area contributed by atoms with Crippen LogP contribution in [0.3, 0.4) is 0 Å². The van der Waals surface area contributed by atoms with Gasteiger partial charge in [-0.1, -0.05) is 13.0 Å². The fourth-order valence-corrected chi connectivity index (χ4v) is 4.43. The second-order valence-electron chi connectivity index (χ2n) is 5.54. The van der Waals surface area contributed by atoms with Gasteiger partial charge in [-0.25, -0.2) is 0 Å². The van der Waals surface area contributed by atoms with Gasteiger partial charge in [-0.15, -0.1) is 11.3 Å². The molecule has 22 heavy (non-hydrogen) atoms. The molecule has 2 atom stereocenters. The van der Waals surface area contributed by atoms with E-state index in [0.717, 1.165) is 44.1 Å². The molecule has 0 saturated heterocycles. The summed E-state index contributed by atoms with van der Waals surface area (Å²) in [6, 6.07) is 4.23. The number of thioether (sulfide) groups is 1. The van der Waals surface area contributed by atoms with Crippen LogP contribution in [0.2, 0.25) is 0 Å². The first-order valence-corrected chi connectivity index (χ1v) is 9.99. The SMILES string of the molecule is CCNC(=NCC1(O)CCC1SCC)NCCc1cccs1. The van der Waals surface area contributed by atoms with E-state index < -0.39 is 5.60 Å². The monoisotopic (exact) mass is 341 g/mol. The molecule has 1 fully saturated rings. The minimum Gasteiger partial charge on any atom is -0.387 e. The van der Waals surface area contributed by atoms with E-state index in [1.165, 1.54) is 4.88 Å². The smallest absolute Gasteiger partial charge is 0.191 e. The predicted molar refractivity (Wildman–Crippen MR) is 98.1 cm³/mol. The van der Waals surface area contributed by atoms with Gasteiger partial charge in [0.25, 0.3) is 0 Å². The van der Waals surface area contributed by atoms with E-state index in [-0.39, 0.29) is 0 Å². The molecule has 1 aliphatic carbocycles. The molecule has 2 unspecified atom stereocenters. The Labute approximate surface area is 141 Å². The summed E-state index contributed by atoms with van der Waals surface area (Å²) in [7, 11) is 0. The highest BCUT2D eigenvalue weighted by Crippen LogP contribution is 2.41. The second kappa shape index (κ2) is 8.79. The van der Waals surface area contributed by atoms with E-state index in [9.17, 15) is 5.11 Å². The molecule has 4 nitrogen and oxygen atoms in total. The third kappa shape index (κ3) is 4.89. The lowest BCUT2D eigenvalue weighted by Crippen LogP contribution is -2.53. The van der Waals surface area contributed by atoms with E-state index in [1.54, 1.807) is 11.3 Å².